The largest absolute Gasteiger partial charge is 0.494 e. The predicted molar refractivity (Wildman–Crippen MR) is 62.8 cm³/mol. The zero-order valence-corrected chi connectivity index (χ0v) is 10.1. The Kier molecular flexibility index (Phi) is 5.84. The van der Waals surface area contributed by atoms with Crippen LogP contribution in [0.25, 0.3) is 0 Å². The van der Waals surface area contributed by atoms with Crippen molar-refractivity contribution in [2.45, 2.75) is 19.8 Å². The first-order valence-corrected chi connectivity index (χ1v) is 5.71. The number of halogens is 1. The Morgan fingerprint density at radius 2 is 1.89 bits per heavy atom. The molecule has 0 amide bonds. The SMILES string of the molecule is CCOC(=O)C(=O)CCCOc1ccc(F)cc1. The van der Waals surface area contributed by atoms with E-state index in [2.05, 4.69) is 4.74 Å². The lowest BCUT2D eigenvalue weighted by atomic mass is 10.2. The second kappa shape index (κ2) is 7.42. The Labute approximate surface area is 105 Å². The van der Waals surface area contributed by atoms with E-state index in [-0.39, 0.29) is 25.5 Å². The van der Waals surface area contributed by atoms with Crippen molar-refractivity contribution in [1.29, 1.82) is 0 Å². The number of esters is 1. The summed E-state index contributed by atoms with van der Waals surface area (Å²) in [4.78, 5) is 22.2. The molecule has 0 aliphatic carbocycles. The Hall–Kier alpha value is -1.91. The highest BCUT2D eigenvalue weighted by Crippen LogP contribution is 2.11. The third-order valence-electron chi connectivity index (χ3n) is 2.13. The minimum Gasteiger partial charge on any atom is -0.494 e. The first-order valence-electron chi connectivity index (χ1n) is 5.71. The third-order valence-corrected chi connectivity index (χ3v) is 2.13. The number of carbonyl (C=O) groups excluding carboxylic acids is 2. The van der Waals surface area contributed by atoms with Crippen LogP contribution in [0.2, 0.25) is 0 Å². The topological polar surface area (TPSA) is 52.6 Å². The summed E-state index contributed by atoms with van der Waals surface area (Å²) in [6.45, 7) is 2.12. The molecule has 0 unspecified atom stereocenters. The zero-order chi connectivity index (χ0) is 13.4. The summed E-state index contributed by atoms with van der Waals surface area (Å²) in [6, 6.07) is 5.59. The van der Waals surface area contributed by atoms with Crippen LogP contribution in [0.4, 0.5) is 4.39 Å². The van der Waals surface area contributed by atoms with E-state index in [1.54, 1.807) is 6.92 Å². The molecule has 98 valence electrons. The van der Waals surface area contributed by atoms with Crippen LogP contribution in [0.3, 0.4) is 0 Å². The van der Waals surface area contributed by atoms with Crippen molar-refractivity contribution < 1.29 is 23.5 Å². The molecule has 5 heteroatoms. The van der Waals surface area contributed by atoms with Gasteiger partial charge in [-0.1, -0.05) is 0 Å². The number of ether oxygens (including phenoxy) is 2. The maximum atomic E-state index is 12.6. The van der Waals surface area contributed by atoms with Crippen molar-refractivity contribution in [3.05, 3.63) is 30.1 Å². The van der Waals surface area contributed by atoms with Crippen molar-refractivity contribution in [2.24, 2.45) is 0 Å². The Balaban J connectivity index is 2.20. The smallest absolute Gasteiger partial charge is 0.374 e. The molecule has 0 heterocycles. The molecule has 0 spiro atoms. The van der Waals surface area contributed by atoms with Crippen LogP contribution in [0.5, 0.6) is 5.75 Å². The second-order valence-corrected chi connectivity index (χ2v) is 3.55. The first kappa shape index (κ1) is 14.2. The average molecular weight is 254 g/mol. The van der Waals surface area contributed by atoms with Gasteiger partial charge in [0, 0.05) is 6.42 Å². The lowest BCUT2D eigenvalue weighted by molar-refractivity contribution is -0.153. The monoisotopic (exact) mass is 254 g/mol. The molecule has 1 rings (SSSR count). The standard InChI is InChI=1S/C13H15FO4/c1-2-17-13(16)12(15)4-3-9-18-11-7-5-10(14)6-8-11/h5-8H,2-4,9H2,1H3. The van der Waals surface area contributed by atoms with Crippen LogP contribution in [-0.4, -0.2) is 25.0 Å². The number of Topliss-reactive ketones (excluding diaryl/α,β-unsaturated/α-hetero) is 1. The molecule has 18 heavy (non-hydrogen) atoms. The van der Waals surface area contributed by atoms with E-state index in [4.69, 9.17) is 4.74 Å². The highest BCUT2D eigenvalue weighted by Gasteiger charge is 2.13. The van der Waals surface area contributed by atoms with Crippen LogP contribution in [-0.2, 0) is 14.3 Å². The molecule has 0 N–H and O–H groups in total. The molecule has 4 nitrogen and oxygen atoms in total. The van der Waals surface area contributed by atoms with Gasteiger partial charge in [-0.2, -0.15) is 0 Å². The van der Waals surface area contributed by atoms with Crippen LogP contribution in [0.1, 0.15) is 19.8 Å². The lowest BCUT2D eigenvalue weighted by Crippen LogP contribution is -2.17. The molecule has 1 aromatic carbocycles. The summed E-state index contributed by atoms with van der Waals surface area (Å²) in [7, 11) is 0. The summed E-state index contributed by atoms with van der Waals surface area (Å²) in [5, 5.41) is 0. The number of carbonyl (C=O) groups is 2. The molecule has 0 radical (unpaired) electrons. The molecule has 0 saturated carbocycles. The second-order valence-electron chi connectivity index (χ2n) is 3.55. The Bertz CT molecular complexity index is 400. The fourth-order valence-electron chi connectivity index (χ4n) is 1.27. The summed E-state index contributed by atoms with van der Waals surface area (Å²) >= 11 is 0. The molecule has 0 aromatic heterocycles. The van der Waals surface area contributed by atoms with Crippen LogP contribution < -0.4 is 4.74 Å². The van der Waals surface area contributed by atoms with E-state index < -0.39 is 11.8 Å². The Morgan fingerprint density at radius 3 is 2.50 bits per heavy atom. The molecular formula is C13H15FO4. The van der Waals surface area contributed by atoms with Gasteiger partial charge in [0.15, 0.2) is 0 Å². The van der Waals surface area contributed by atoms with Gasteiger partial charge in [-0.05, 0) is 37.6 Å². The highest BCUT2D eigenvalue weighted by atomic mass is 19.1. The molecule has 0 fully saturated rings. The first-order chi connectivity index (χ1) is 8.63. The van der Waals surface area contributed by atoms with Crippen molar-refractivity contribution in [3.8, 4) is 5.75 Å². The van der Waals surface area contributed by atoms with Gasteiger partial charge in [-0.25, -0.2) is 9.18 Å². The third kappa shape index (κ3) is 4.95. The number of hydrogen-bond acceptors (Lipinski definition) is 4. The van der Waals surface area contributed by atoms with Gasteiger partial charge in [0.25, 0.3) is 0 Å². The van der Waals surface area contributed by atoms with E-state index in [0.29, 0.717) is 12.2 Å². The maximum absolute atomic E-state index is 12.6. The van der Waals surface area contributed by atoms with Gasteiger partial charge in [0.1, 0.15) is 11.6 Å². The van der Waals surface area contributed by atoms with E-state index >= 15 is 0 Å². The number of ketones is 1. The molecule has 0 aliphatic rings. The van der Waals surface area contributed by atoms with Gasteiger partial charge in [0.2, 0.25) is 5.78 Å². The van der Waals surface area contributed by atoms with Crippen molar-refractivity contribution in [1.82, 2.24) is 0 Å². The van der Waals surface area contributed by atoms with E-state index in [0.717, 1.165) is 0 Å². The van der Waals surface area contributed by atoms with E-state index in [1.165, 1.54) is 24.3 Å². The number of benzene rings is 1. The van der Waals surface area contributed by atoms with E-state index in [1.807, 2.05) is 0 Å². The molecule has 0 saturated heterocycles. The normalized spacial score (nSPS) is 9.89. The molecule has 0 bridgehead atoms. The van der Waals surface area contributed by atoms with Crippen LogP contribution in [0, 0.1) is 5.82 Å². The van der Waals surface area contributed by atoms with Crippen molar-refractivity contribution >= 4 is 11.8 Å². The molecular weight excluding hydrogens is 239 g/mol. The number of rotatable bonds is 7. The van der Waals surface area contributed by atoms with Gasteiger partial charge in [-0.3, -0.25) is 4.79 Å². The molecule has 0 aliphatic heterocycles. The summed E-state index contributed by atoms with van der Waals surface area (Å²) < 4.78 is 22.4. The fraction of sp³-hybridized carbons (Fsp3) is 0.385. The van der Waals surface area contributed by atoms with Gasteiger partial charge in [0.05, 0.1) is 13.2 Å². The zero-order valence-electron chi connectivity index (χ0n) is 10.1. The van der Waals surface area contributed by atoms with Gasteiger partial charge >= 0.3 is 5.97 Å². The highest BCUT2D eigenvalue weighted by molar-refractivity contribution is 6.33. The minimum atomic E-state index is -0.806. The average Bonchev–Trinajstić information content (AvgIpc) is 2.36. The maximum Gasteiger partial charge on any atom is 0.374 e. The molecule has 1 aromatic rings. The van der Waals surface area contributed by atoms with Crippen molar-refractivity contribution in [2.75, 3.05) is 13.2 Å². The summed E-state index contributed by atoms with van der Waals surface area (Å²) in [5.74, 6) is -1.17. The van der Waals surface area contributed by atoms with Crippen LogP contribution in [0.15, 0.2) is 24.3 Å². The quantitative estimate of drug-likeness (QED) is 0.425. The minimum absolute atomic E-state index is 0.0834. The van der Waals surface area contributed by atoms with Gasteiger partial charge < -0.3 is 9.47 Å². The van der Waals surface area contributed by atoms with Crippen LogP contribution >= 0.6 is 0 Å². The van der Waals surface area contributed by atoms with Gasteiger partial charge in [-0.15, -0.1) is 0 Å². The number of hydrogen-bond donors (Lipinski definition) is 0. The summed E-state index contributed by atoms with van der Waals surface area (Å²) in [6.07, 6.45) is 0.495. The van der Waals surface area contributed by atoms with Crippen molar-refractivity contribution in [3.63, 3.8) is 0 Å². The Morgan fingerprint density at radius 1 is 1.22 bits per heavy atom. The predicted octanol–water partition coefficient (Wildman–Crippen LogP) is 2.12. The van der Waals surface area contributed by atoms with E-state index in [9.17, 15) is 14.0 Å². The molecule has 0 atom stereocenters. The lowest BCUT2D eigenvalue weighted by Gasteiger charge is -2.05. The fourth-order valence-corrected chi connectivity index (χ4v) is 1.27. The summed E-state index contributed by atoms with van der Waals surface area (Å²) in [5.41, 5.74) is 0.